The molecule has 0 aliphatic heterocycles. The third kappa shape index (κ3) is 25.2. The Bertz CT molecular complexity index is 5630. The quantitative estimate of drug-likeness (QED) is 0.0202. The van der Waals surface area contributed by atoms with Crippen LogP contribution in [0.3, 0.4) is 0 Å². The average Bonchev–Trinajstić information content (AvgIpc) is 1.61. The number of nitriles is 4. The van der Waals surface area contributed by atoms with Crippen LogP contribution in [0.2, 0.25) is 35.2 Å². The van der Waals surface area contributed by atoms with Crippen LogP contribution in [0.15, 0.2) is 171 Å². The minimum Gasteiger partial charge on any atom is -0.370 e. The van der Waals surface area contributed by atoms with E-state index in [4.69, 9.17) is 117 Å². The van der Waals surface area contributed by atoms with Crippen LogP contribution >= 0.6 is 81.2 Å². The first-order valence-corrected chi connectivity index (χ1v) is 39.8. The van der Waals surface area contributed by atoms with Crippen molar-refractivity contribution in [2.75, 3.05) is 94.9 Å². The van der Waals surface area contributed by atoms with Crippen LogP contribution in [0, 0.1) is 45.3 Å². The highest BCUT2D eigenvalue weighted by molar-refractivity contribution is 6.37. The summed E-state index contributed by atoms with van der Waals surface area (Å²) in [5, 5.41) is 64.3. The average molecular weight is 1720 g/mol. The summed E-state index contributed by atoms with van der Waals surface area (Å²) in [6.45, 7) is 4.97. The van der Waals surface area contributed by atoms with E-state index in [0.29, 0.717) is 139 Å². The lowest BCUT2D eigenvalue weighted by Crippen LogP contribution is -2.16. The van der Waals surface area contributed by atoms with Crippen LogP contribution in [0.5, 0.6) is 0 Å². The van der Waals surface area contributed by atoms with Crippen molar-refractivity contribution >= 4 is 128 Å². The van der Waals surface area contributed by atoms with Crippen LogP contribution in [0.25, 0.3) is 45.6 Å². The van der Waals surface area contributed by atoms with Crippen LogP contribution in [0.4, 0.5) is 59.7 Å². The summed E-state index contributed by atoms with van der Waals surface area (Å²) in [6, 6.07) is 43.9. The lowest BCUT2D eigenvalue weighted by Gasteiger charge is -2.13. The Morgan fingerprint density at radius 3 is 1.15 bits per heavy atom. The minimum absolute atomic E-state index is 0.0276. The lowest BCUT2D eigenvalue weighted by molar-refractivity contribution is -0.141. The number of rotatable bonds is 29. The van der Waals surface area contributed by atoms with Gasteiger partial charge in [-0.2, -0.15) is 34.2 Å². The first-order valence-electron chi connectivity index (χ1n) is 37.2. The molecule has 3 saturated carbocycles. The van der Waals surface area contributed by atoms with Gasteiger partial charge in [0.05, 0.1) is 49.2 Å². The number of pyridine rings is 3. The van der Waals surface area contributed by atoms with Crippen molar-refractivity contribution < 1.29 is 13.2 Å². The number of alkyl halides is 3. The number of nitrogens with one attached hydrogen (secondary N) is 8. The Hall–Kier alpha value is -12.1. The zero-order valence-electron chi connectivity index (χ0n) is 62.6. The van der Waals surface area contributed by atoms with E-state index in [1.165, 1.54) is 62.5 Å². The first kappa shape index (κ1) is 85.3. The summed E-state index contributed by atoms with van der Waals surface area (Å²) in [6.07, 6.45) is 15.2. The molecule has 15 rings (SSSR count). The van der Waals surface area contributed by atoms with E-state index < -0.39 is 11.9 Å². The number of hydrogen-bond donors (Lipinski definition) is 8. The smallest absolute Gasteiger partial charge is 0.370 e. The molecule has 4 aromatic carbocycles. The maximum atomic E-state index is 13.3. The number of benzene rings is 4. The fourth-order valence-corrected chi connectivity index (χ4v) is 13.1. The highest BCUT2D eigenvalue weighted by Gasteiger charge is 2.35. The van der Waals surface area contributed by atoms with Crippen LogP contribution in [0.1, 0.15) is 114 Å². The fraction of sp³-hybridized carbons (Fsp3) is 0.241. The zero-order chi connectivity index (χ0) is 82.9. The minimum atomic E-state index is -4.64. The predicted octanol–water partition coefficient (Wildman–Crippen LogP) is 20.1. The van der Waals surface area contributed by atoms with Gasteiger partial charge in [-0.25, -0.2) is 64.8 Å². The molecule has 598 valence electrons. The molecule has 35 heteroatoms. The molecule has 0 radical (unpaired) electrons. The molecule has 0 unspecified atom stereocenters. The number of anilines is 8. The van der Waals surface area contributed by atoms with E-state index in [1.54, 1.807) is 67.0 Å². The lowest BCUT2D eigenvalue weighted by atomic mass is 10.1. The predicted molar refractivity (Wildman–Crippen MR) is 457 cm³/mol. The molecule has 3 aliphatic rings. The summed E-state index contributed by atoms with van der Waals surface area (Å²) < 4.78 is 39.9. The molecule has 8 N–H and O–H groups in total. The standard InChI is InChI=1S/C22H20Cl2N6.C21H19ClN6.C20H15Cl2F3N6.C20H17Cl2N7/c23-16-5-6-17(19(24)10-16)21-29-13-18(15-3-4-15)22(30-21)27-9-1-8-26-20-7-2-14(11-25)12-28-20;22-18-4-2-1-3-16(18)20-27-13-17(15-6-7-15)21(28-20)25-10-9-24-19-8-5-14(11-23)12-26-19;21-13-3-4-14(15(22)8-13)19-30-16(20(23,24)25)9-18(31-19)28-7-1-6-27-17-5-2-12(10-26)11-29-17;21-13-3-4-15(16(22)7-13)20-28-17(12-1-2-12)8-18(29-20)24-5-6-25-19-11-26-14(9-23)10-27-19/h2,5-7,10,12-13,15H,1,3-4,8-9H2,(H,26,28)(H,27,29,30);1-5,8,12-13,15H,6-7,9-10H2,(H,24,26)(H,25,27,28);2-5,8-9,11H,1,6-7H2,(H,27,29)(H,28,30,31);3-4,7-8,10-12H,1-2,5-6H2,(H,25,27)(H,24,28,29). The van der Waals surface area contributed by atoms with Crippen LogP contribution in [-0.4, -0.2) is 117 Å². The molecule has 0 amide bonds. The van der Waals surface area contributed by atoms with E-state index in [1.807, 2.05) is 73.1 Å². The Balaban J connectivity index is 0.000000145. The molecule has 8 heterocycles. The number of hydrogen-bond acceptors (Lipinski definition) is 25. The summed E-state index contributed by atoms with van der Waals surface area (Å²) >= 11 is 43.0. The van der Waals surface area contributed by atoms with Gasteiger partial charge in [0.1, 0.15) is 70.8 Å². The van der Waals surface area contributed by atoms with Gasteiger partial charge < -0.3 is 42.5 Å². The zero-order valence-corrected chi connectivity index (χ0v) is 67.9. The topological polar surface area (TPSA) is 359 Å². The van der Waals surface area contributed by atoms with Gasteiger partial charge in [-0.05, 0) is 166 Å². The van der Waals surface area contributed by atoms with Crippen molar-refractivity contribution in [1.29, 1.82) is 21.0 Å². The van der Waals surface area contributed by atoms with Gasteiger partial charge in [0.15, 0.2) is 34.7 Å². The summed E-state index contributed by atoms with van der Waals surface area (Å²) in [7, 11) is 0. The van der Waals surface area contributed by atoms with E-state index in [2.05, 4.69) is 105 Å². The molecule has 12 aromatic rings. The molecular weight excluding hydrogens is 1650 g/mol. The molecule has 0 atom stereocenters. The second-order valence-corrected chi connectivity index (χ2v) is 29.7. The largest absolute Gasteiger partial charge is 0.433 e. The van der Waals surface area contributed by atoms with Crippen molar-refractivity contribution in [3.8, 4) is 69.8 Å². The maximum Gasteiger partial charge on any atom is 0.433 e. The summed E-state index contributed by atoms with van der Waals surface area (Å²) in [5.41, 5.74) is 6.69. The molecule has 8 aromatic heterocycles. The molecule has 0 saturated heterocycles. The van der Waals surface area contributed by atoms with Crippen molar-refractivity contribution in [2.45, 2.75) is 75.3 Å². The Morgan fingerprint density at radius 2 is 0.729 bits per heavy atom. The highest BCUT2D eigenvalue weighted by Crippen LogP contribution is 2.46. The number of halogens is 10. The molecule has 118 heavy (non-hydrogen) atoms. The number of nitrogens with zero attached hydrogens (tertiary/aromatic N) is 17. The van der Waals surface area contributed by atoms with Gasteiger partial charge in [0, 0.05) is 156 Å². The van der Waals surface area contributed by atoms with Crippen LogP contribution in [-0.2, 0) is 6.18 Å². The van der Waals surface area contributed by atoms with Gasteiger partial charge in [-0.1, -0.05) is 93.3 Å². The monoisotopic (exact) mass is 1720 g/mol. The molecular formula is C83H71Cl7F3N25. The van der Waals surface area contributed by atoms with Gasteiger partial charge >= 0.3 is 6.18 Å². The fourth-order valence-electron chi connectivity index (χ4n) is 11.4. The van der Waals surface area contributed by atoms with E-state index in [9.17, 15) is 13.2 Å². The van der Waals surface area contributed by atoms with Gasteiger partial charge in [0.25, 0.3) is 0 Å². The normalized spacial score (nSPS) is 12.5. The van der Waals surface area contributed by atoms with Crippen molar-refractivity contribution in [1.82, 2.24) is 64.8 Å². The van der Waals surface area contributed by atoms with E-state index in [-0.39, 0.29) is 27.9 Å². The Kier molecular flexibility index (Phi) is 30.1. The van der Waals surface area contributed by atoms with Crippen LogP contribution < -0.4 is 42.5 Å². The molecule has 0 spiro atoms. The molecule has 0 bridgehead atoms. The molecule has 3 aliphatic carbocycles. The Labute approximate surface area is 712 Å². The third-order valence-electron chi connectivity index (χ3n) is 17.9. The van der Waals surface area contributed by atoms with Gasteiger partial charge in [-0.3, -0.25) is 0 Å². The third-order valence-corrected chi connectivity index (χ3v) is 19.9. The summed E-state index contributed by atoms with van der Waals surface area (Å²) in [4.78, 5) is 56.3. The Morgan fingerprint density at radius 1 is 0.331 bits per heavy atom. The van der Waals surface area contributed by atoms with Crippen molar-refractivity contribution in [3.05, 3.63) is 251 Å². The van der Waals surface area contributed by atoms with E-state index >= 15 is 0 Å². The van der Waals surface area contributed by atoms with Gasteiger partial charge in [-0.15, -0.1) is 0 Å². The molecule has 3 fully saturated rings. The first-order chi connectivity index (χ1) is 57.3. The summed E-state index contributed by atoms with van der Waals surface area (Å²) in [5.74, 6) is 8.40. The maximum absolute atomic E-state index is 13.3. The number of aromatic nitrogens is 13. The van der Waals surface area contributed by atoms with Crippen molar-refractivity contribution in [3.63, 3.8) is 0 Å². The highest BCUT2D eigenvalue weighted by atomic mass is 35.5. The second kappa shape index (κ2) is 41.7. The van der Waals surface area contributed by atoms with Crippen molar-refractivity contribution in [2.24, 2.45) is 0 Å². The van der Waals surface area contributed by atoms with E-state index in [0.717, 1.165) is 101 Å². The SMILES string of the molecule is N#Cc1ccc(NCCCNc2cc(C(F)(F)F)nc(-c3ccc(Cl)cc3Cl)n2)nc1.N#Cc1ccc(NCCCNc2nc(-c3ccc(Cl)cc3Cl)ncc2C2CC2)nc1.N#Cc1ccc(NCCNc2nc(-c3ccccc3Cl)ncc2C2CC2)nc1.N#Cc1cnc(NCCNc2cc(C3CC3)nc(-c3ccc(Cl)cc3Cl)n2)cn1. The molecule has 25 nitrogen and oxygen atoms in total. The second-order valence-electron chi connectivity index (χ2n) is 26.8. The van der Waals surface area contributed by atoms with Gasteiger partial charge in [0.2, 0.25) is 0 Å².